The van der Waals surface area contributed by atoms with Gasteiger partial charge < -0.3 is 10.1 Å². The minimum absolute atomic E-state index is 0.224. The summed E-state index contributed by atoms with van der Waals surface area (Å²) in [4.78, 5) is 14.9. The van der Waals surface area contributed by atoms with E-state index in [-0.39, 0.29) is 11.9 Å². The van der Waals surface area contributed by atoms with E-state index < -0.39 is 0 Å². The first-order valence-corrected chi connectivity index (χ1v) is 9.91. The molecule has 1 unspecified atom stereocenters. The predicted octanol–water partition coefficient (Wildman–Crippen LogP) is 3.92. The van der Waals surface area contributed by atoms with E-state index in [0.29, 0.717) is 18.9 Å². The number of likely N-dealkylation sites (tertiary alicyclic amines) is 1. The monoisotopic (exact) mass is 344 g/mol. The second kappa shape index (κ2) is 9.23. The van der Waals surface area contributed by atoms with Crippen LogP contribution in [0.1, 0.15) is 63.0 Å². The van der Waals surface area contributed by atoms with Crippen LogP contribution in [0, 0.1) is 5.92 Å². The van der Waals surface area contributed by atoms with Gasteiger partial charge in [-0.1, -0.05) is 31.4 Å². The first kappa shape index (κ1) is 18.2. The molecule has 2 fully saturated rings. The van der Waals surface area contributed by atoms with Gasteiger partial charge in [-0.2, -0.15) is 0 Å². The Morgan fingerprint density at radius 2 is 1.80 bits per heavy atom. The van der Waals surface area contributed by atoms with E-state index in [0.717, 1.165) is 18.8 Å². The van der Waals surface area contributed by atoms with Crippen LogP contribution >= 0.6 is 0 Å². The van der Waals surface area contributed by atoms with Crippen LogP contribution < -0.4 is 10.1 Å². The molecule has 138 valence electrons. The Morgan fingerprint density at radius 3 is 2.44 bits per heavy atom. The van der Waals surface area contributed by atoms with Gasteiger partial charge in [0.1, 0.15) is 5.75 Å². The topological polar surface area (TPSA) is 41.6 Å². The number of nitrogens with one attached hydrogen (secondary N) is 1. The zero-order chi connectivity index (χ0) is 17.5. The molecule has 1 heterocycles. The van der Waals surface area contributed by atoms with Crippen molar-refractivity contribution in [2.75, 3.05) is 26.7 Å². The van der Waals surface area contributed by atoms with Crippen molar-refractivity contribution in [2.24, 2.45) is 5.92 Å². The molecule has 0 spiro atoms. The summed E-state index contributed by atoms with van der Waals surface area (Å²) < 4.78 is 5.28. The number of amides is 1. The van der Waals surface area contributed by atoms with Gasteiger partial charge in [0.05, 0.1) is 13.2 Å². The van der Waals surface area contributed by atoms with Gasteiger partial charge in [0.15, 0.2) is 0 Å². The molecule has 2 aliphatic rings. The van der Waals surface area contributed by atoms with E-state index in [1.807, 2.05) is 12.1 Å². The van der Waals surface area contributed by atoms with Crippen molar-refractivity contribution >= 4 is 5.91 Å². The number of ether oxygens (including phenoxy) is 1. The van der Waals surface area contributed by atoms with E-state index in [4.69, 9.17) is 4.74 Å². The van der Waals surface area contributed by atoms with Gasteiger partial charge >= 0.3 is 0 Å². The number of hydrogen-bond acceptors (Lipinski definition) is 3. The summed E-state index contributed by atoms with van der Waals surface area (Å²) in [5, 5.41) is 3.22. The average Bonchev–Trinajstić information content (AvgIpc) is 3.16. The third-order valence-electron chi connectivity index (χ3n) is 5.77. The molecule has 1 aromatic rings. The summed E-state index contributed by atoms with van der Waals surface area (Å²) >= 11 is 0. The lowest BCUT2D eigenvalue weighted by atomic mass is 10.0. The van der Waals surface area contributed by atoms with Gasteiger partial charge in [0.25, 0.3) is 0 Å². The maximum atomic E-state index is 12.4. The molecule has 25 heavy (non-hydrogen) atoms. The molecule has 1 aliphatic heterocycles. The highest BCUT2D eigenvalue weighted by Gasteiger charge is 2.24. The highest BCUT2D eigenvalue weighted by molar-refractivity contribution is 5.76. The second-order valence-corrected chi connectivity index (χ2v) is 7.54. The van der Waals surface area contributed by atoms with Gasteiger partial charge in [-0.05, 0) is 62.4 Å². The van der Waals surface area contributed by atoms with E-state index in [1.54, 1.807) is 7.11 Å². The molecule has 1 saturated heterocycles. The smallest absolute Gasteiger partial charge is 0.220 e. The molecule has 0 radical (unpaired) electrons. The fraction of sp³-hybridized carbons (Fsp3) is 0.667. The second-order valence-electron chi connectivity index (χ2n) is 7.54. The SMILES string of the molecule is COc1ccc(C(CNC(=O)CC2CCCC2)N2CCCCC2)cc1. The highest BCUT2D eigenvalue weighted by atomic mass is 16.5. The van der Waals surface area contributed by atoms with Gasteiger partial charge in [-0.15, -0.1) is 0 Å². The number of benzene rings is 1. The van der Waals surface area contributed by atoms with Crippen molar-refractivity contribution < 1.29 is 9.53 Å². The number of methoxy groups -OCH3 is 1. The number of hydrogen-bond donors (Lipinski definition) is 1. The quantitative estimate of drug-likeness (QED) is 0.815. The molecule has 4 heteroatoms. The number of piperidine rings is 1. The Morgan fingerprint density at radius 1 is 1.12 bits per heavy atom. The minimum atomic E-state index is 0.224. The van der Waals surface area contributed by atoms with Crippen LogP contribution in [0.3, 0.4) is 0 Å². The lowest BCUT2D eigenvalue weighted by molar-refractivity contribution is -0.122. The van der Waals surface area contributed by atoms with E-state index in [2.05, 4.69) is 22.3 Å². The normalized spacial score (nSPS) is 20.4. The van der Waals surface area contributed by atoms with Crippen molar-refractivity contribution in [2.45, 2.75) is 57.4 Å². The van der Waals surface area contributed by atoms with Crippen LogP contribution in [0.25, 0.3) is 0 Å². The summed E-state index contributed by atoms with van der Waals surface area (Å²) in [6, 6.07) is 8.58. The van der Waals surface area contributed by atoms with Crippen LogP contribution in [0.2, 0.25) is 0 Å². The van der Waals surface area contributed by atoms with Crippen molar-refractivity contribution in [1.82, 2.24) is 10.2 Å². The van der Waals surface area contributed by atoms with Crippen LogP contribution in [0.5, 0.6) is 5.75 Å². The van der Waals surface area contributed by atoms with Crippen LogP contribution in [0.15, 0.2) is 24.3 Å². The van der Waals surface area contributed by atoms with Gasteiger partial charge in [0.2, 0.25) is 5.91 Å². The molecule has 3 rings (SSSR count). The number of rotatable bonds is 7. The highest BCUT2D eigenvalue weighted by Crippen LogP contribution is 2.28. The fourth-order valence-corrected chi connectivity index (χ4v) is 4.27. The fourth-order valence-electron chi connectivity index (χ4n) is 4.27. The maximum absolute atomic E-state index is 12.4. The van der Waals surface area contributed by atoms with Crippen molar-refractivity contribution in [3.05, 3.63) is 29.8 Å². The summed E-state index contributed by atoms with van der Waals surface area (Å²) in [7, 11) is 1.69. The molecule has 1 aromatic carbocycles. The third kappa shape index (κ3) is 5.21. The van der Waals surface area contributed by atoms with Crippen molar-refractivity contribution in [3.8, 4) is 5.75 Å². The molecule has 4 nitrogen and oxygen atoms in total. The predicted molar refractivity (Wildman–Crippen MR) is 101 cm³/mol. The standard InChI is InChI=1S/C21H32N2O2/c1-25-19-11-9-18(10-12-19)20(23-13-5-2-6-14-23)16-22-21(24)15-17-7-3-4-8-17/h9-12,17,20H,2-8,13-16H2,1H3,(H,22,24). The summed E-state index contributed by atoms with van der Waals surface area (Å²) in [6.45, 7) is 2.95. The van der Waals surface area contributed by atoms with Crippen LogP contribution in [-0.2, 0) is 4.79 Å². The first-order chi connectivity index (χ1) is 12.3. The van der Waals surface area contributed by atoms with Crippen molar-refractivity contribution in [1.29, 1.82) is 0 Å². The van der Waals surface area contributed by atoms with Crippen LogP contribution in [-0.4, -0.2) is 37.6 Å². The Balaban J connectivity index is 1.61. The molecule has 0 bridgehead atoms. The number of nitrogens with zero attached hydrogens (tertiary/aromatic N) is 1. The molecule has 1 saturated carbocycles. The molecule has 1 aliphatic carbocycles. The Bertz CT molecular complexity index is 531. The van der Waals surface area contributed by atoms with E-state index in [1.165, 1.54) is 50.5 Å². The molecule has 1 atom stereocenters. The summed E-state index contributed by atoms with van der Waals surface area (Å²) in [5.74, 6) is 1.71. The lowest BCUT2D eigenvalue weighted by Gasteiger charge is -2.35. The molecule has 1 amide bonds. The van der Waals surface area contributed by atoms with Gasteiger partial charge in [0, 0.05) is 13.0 Å². The lowest BCUT2D eigenvalue weighted by Crippen LogP contribution is -2.40. The maximum Gasteiger partial charge on any atom is 0.220 e. The zero-order valence-electron chi connectivity index (χ0n) is 15.5. The molecule has 1 N–H and O–H groups in total. The molecular formula is C21H32N2O2. The minimum Gasteiger partial charge on any atom is -0.497 e. The Kier molecular flexibility index (Phi) is 6.74. The Labute approximate surface area is 151 Å². The van der Waals surface area contributed by atoms with Gasteiger partial charge in [-0.25, -0.2) is 0 Å². The first-order valence-electron chi connectivity index (χ1n) is 9.91. The average molecular weight is 344 g/mol. The Hall–Kier alpha value is -1.55. The summed E-state index contributed by atoms with van der Waals surface area (Å²) in [6.07, 6.45) is 9.56. The number of carbonyl (C=O) groups is 1. The van der Waals surface area contributed by atoms with Gasteiger partial charge in [-0.3, -0.25) is 9.69 Å². The van der Waals surface area contributed by atoms with E-state index >= 15 is 0 Å². The summed E-state index contributed by atoms with van der Waals surface area (Å²) in [5.41, 5.74) is 1.27. The van der Waals surface area contributed by atoms with Crippen LogP contribution in [0.4, 0.5) is 0 Å². The zero-order valence-corrected chi connectivity index (χ0v) is 15.5. The largest absolute Gasteiger partial charge is 0.497 e. The van der Waals surface area contributed by atoms with Crippen molar-refractivity contribution in [3.63, 3.8) is 0 Å². The van der Waals surface area contributed by atoms with E-state index in [9.17, 15) is 4.79 Å². The molecule has 0 aromatic heterocycles. The third-order valence-corrected chi connectivity index (χ3v) is 5.77. The number of carbonyl (C=O) groups excluding carboxylic acids is 1. The molecular weight excluding hydrogens is 312 g/mol.